The molecule has 0 spiro atoms. The number of ether oxygens (including phenoxy) is 3. The van der Waals surface area contributed by atoms with E-state index in [4.69, 9.17) is 14.2 Å². The highest BCUT2D eigenvalue weighted by molar-refractivity contribution is 5.71. The van der Waals surface area contributed by atoms with E-state index in [2.05, 4.69) is 106 Å². The van der Waals surface area contributed by atoms with Gasteiger partial charge in [0.25, 0.3) is 0 Å². The lowest BCUT2D eigenvalue weighted by Gasteiger charge is -2.18. The fraction of sp³-hybridized carbons (Fsp3) is 0.730. The van der Waals surface area contributed by atoms with Crippen LogP contribution in [-0.4, -0.2) is 37.2 Å². The van der Waals surface area contributed by atoms with E-state index in [1.165, 1.54) is 128 Å². The van der Waals surface area contributed by atoms with Gasteiger partial charge in [-0.25, -0.2) is 0 Å². The molecule has 0 heterocycles. The minimum Gasteiger partial charge on any atom is -0.462 e. The number of carbonyl (C=O) groups excluding carboxylic acids is 3. The molecule has 0 aromatic carbocycles. The van der Waals surface area contributed by atoms with Crippen LogP contribution in [-0.2, 0) is 28.6 Å². The summed E-state index contributed by atoms with van der Waals surface area (Å²) in [4.78, 5) is 38.2. The van der Waals surface area contributed by atoms with Crippen molar-refractivity contribution in [1.82, 2.24) is 0 Å². The van der Waals surface area contributed by atoms with Crippen molar-refractivity contribution in [2.75, 3.05) is 13.2 Å². The molecule has 0 aliphatic rings. The van der Waals surface area contributed by atoms with E-state index in [-0.39, 0.29) is 37.5 Å². The summed E-state index contributed by atoms with van der Waals surface area (Å²) >= 11 is 0. The molecule has 0 bridgehead atoms. The van der Waals surface area contributed by atoms with Crippen molar-refractivity contribution < 1.29 is 28.6 Å². The Morgan fingerprint density at radius 3 is 0.971 bits per heavy atom. The van der Waals surface area contributed by atoms with E-state index >= 15 is 0 Å². The molecule has 0 aromatic heterocycles. The Kier molecular flexibility index (Phi) is 54.3. The Balaban J connectivity index is 4.46. The molecule has 396 valence electrons. The zero-order valence-corrected chi connectivity index (χ0v) is 45.3. The van der Waals surface area contributed by atoms with Gasteiger partial charge in [-0.3, -0.25) is 14.4 Å². The predicted molar refractivity (Wildman–Crippen MR) is 297 cm³/mol. The number of hydrogen-bond donors (Lipinski definition) is 0. The van der Waals surface area contributed by atoms with E-state index in [0.717, 1.165) is 103 Å². The van der Waals surface area contributed by atoms with E-state index in [9.17, 15) is 14.4 Å². The van der Waals surface area contributed by atoms with Gasteiger partial charge in [-0.15, -0.1) is 0 Å². The summed E-state index contributed by atoms with van der Waals surface area (Å²) in [5, 5.41) is 0. The van der Waals surface area contributed by atoms with Gasteiger partial charge in [0.15, 0.2) is 6.10 Å². The molecular weight excluding hydrogens is 853 g/mol. The summed E-state index contributed by atoms with van der Waals surface area (Å²) in [5.74, 6) is -0.964. The van der Waals surface area contributed by atoms with Crippen molar-refractivity contribution in [1.29, 1.82) is 0 Å². The number of hydrogen-bond acceptors (Lipinski definition) is 6. The summed E-state index contributed by atoms with van der Waals surface area (Å²) in [7, 11) is 0. The van der Waals surface area contributed by atoms with Gasteiger partial charge in [-0.1, -0.05) is 254 Å². The Morgan fingerprint density at radius 1 is 0.304 bits per heavy atom. The van der Waals surface area contributed by atoms with Crippen LogP contribution in [0.3, 0.4) is 0 Å². The molecule has 0 aliphatic heterocycles. The minimum atomic E-state index is -0.804. The molecule has 69 heavy (non-hydrogen) atoms. The number of allylic oxidation sites excluding steroid dienone is 14. The summed E-state index contributed by atoms with van der Waals surface area (Å²) in [6.45, 7) is 6.46. The summed E-state index contributed by atoms with van der Waals surface area (Å²) in [6, 6.07) is 0. The molecule has 0 aromatic rings. The first-order chi connectivity index (χ1) is 34.0. The highest BCUT2D eigenvalue weighted by atomic mass is 16.6. The maximum Gasteiger partial charge on any atom is 0.306 e. The highest BCUT2D eigenvalue weighted by Gasteiger charge is 2.19. The van der Waals surface area contributed by atoms with Crippen LogP contribution in [0.25, 0.3) is 0 Å². The molecular formula is C63H108O6. The molecule has 0 saturated heterocycles. The second-order valence-corrected chi connectivity index (χ2v) is 19.2. The SMILES string of the molecule is CC/C=C\C/C=C\C/C=C\C/C=C\C/C=C\CCCC(=O)OC[C@H](COC(=O)CCCCCCC/C=C\C/C=C\CCCCC)OC(=O)CCCCCCCCCCCCCCCCCCCCC. The molecule has 0 amide bonds. The van der Waals surface area contributed by atoms with Gasteiger partial charge in [0.05, 0.1) is 0 Å². The fourth-order valence-corrected chi connectivity index (χ4v) is 8.04. The Hall–Kier alpha value is -3.41. The number of rotatable bonds is 52. The van der Waals surface area contributed by atoms with Gasteiger partial charge in [-0.05, 0) is 89.9 Å². The van der Waals surface area contributed by atoms with Gasteiger partial charge in [0.2, 0.25) is 0 Å². The molecule has 0 N–H and O–H groups in total. The lowest BCUT2D eigenvalue weighted by molar-refractivity contribution is -0.167. The zero-order valence-electron chi connectivity index (χ0n) is 45.3. The fourth-order valence-electron chi connectivity index (χ4n) is 8.04. The van der Waals surface area contributed by atoms with Crippen molar-refractivity contribution >= 4 is 17.9 Å². The van der Waals surface area contributed by atoms with Crippen molar-refractivity contribution in [2.45, 2.75) is 284 Å². The molecule has 0 fully saturated rings. The van der Waals surface area contributed by atoms with Crippen LogP contribution in [0.4, 0.5) is 0 Å². The number of unbranched alkanes of at least 4 members (excludes halogenated alkanes) is 27. The van der Waals surface area contributed by atoms with E-state index in [1.54, 1.807) is 0 Å². The third-order valence-electron chi connectivity index (χ3n) is 12.4. The molecule has 0 saturated carbocycles. The molecule has 0 rings (SSSR count). The van der Waals surface area contributed by atoms with Gasteiger partial charge in [0, 0.05) is 19.3 Å². The van der Waals surface area contributed by atoms with Crippen molar-refractivity contribution in [3.05, 3.63) is 85.1 Å². The summed E-state index contributed by atoms with van der Waals surface area (Å²) in [6.07, 6.45) is 74.4. The average molecular weight is 962 g/mol. The molecule has 0 radical (unpaired) electrons. The Labute approximate surface area is 426 Å². The van der Waals surface area contributed by atoms with Crippen molar-refractivity contribution in [3.63, 3.8) is 0 Å². The van der Waals surface area contributed by atoms with Crippen LogP contribution >= 0.6 is 0 Å². The lowest BCUT2D eigenvalue weighted by atomic mass is 10.0. The van der Waals surface area contributed by atoms with Crippen molar-refractivity contribution in [3.8, 4) is 0 Å². The first kappa shape index (κ1) is 65.6. The van der Waals surface area contributed by atoms with Crippen LogP contribution in [0.2, 0.25) is 0 Å². The normalized spacial score (nSPS) is 12.7. The lowest BCUT2D eigenvalue weighted by Crippen LogP contribution is -2.30. The topological polar surface area (TPSA) is 78.9 Å². The first-order valence-electron chi connectivity index (χ1n) is 29.1. The summed E-state index contributed by atoms with van der Waals surface area (Å²) < 4.78 is 16.8. The Morgan fingerprint density at radius 2 is 0.580 bits per heavy atom. The van der Waals surface area contributed by atoms with Crippen LogP contribution in [0, 0.1) is 0 Å². The number of esters is 3. The summed E-state index contributed by atoms with van der Waals surface area (Å²) in [5.41, 5.74) is 0. The smallest absolute Gasteiger partial charge is 0.306 e. The third kappa shape index (κ3) is 55.4. The predicted octanol–water partition coefficient (Wildman–Crippen LogP) is 19.5. The van der Waals surface area contributed by atoms with E-state index in [1.807, 2.05) is 0 Å². The van der Waals surface area contributed by atoms with Gasteiger partial charge in [0.1, 0.15) is 13.2 Å². The highest BCUT2D eigenvalue weighted by Crippen LogP contribution is 2.16. The van der Waals surface area contributed by atoms with Crippen molar-refractivity contribution in [2.24, 2.45) is 0 Å². The quantitative estimate of drug-likeness (QED) is 0.0262. The van der Waals surface area contributed by atoms with Gasteiger partial charge >= 0.3 is 17.9 Å². The van der Waals surface area contributed by atoms with Crippen LogP contribution < -0.4 is 0 Å². The van der Waals surface area contributed by atoms with Gasteiger partial charge < -0.3 is 14.2 Å². The van der Waals surface area contributed by atoms with E-state index in [0.29, 0.717) is 19.3 Å². The largest absolute Gasteiger partial charge is 0.462 e. The molecule has 1 atom stereocenters. The monoisotopic (exact) mass is 961 g/mol. The second-order valence-electron chi connectivity index (χ2n) is 19.2. The third-order valence-corrected chi connectivity index (χ3v) is 12.4. The minimum absolute atomic E-state index is 0.0999. The van der Waals surface area contributed by atoms with Crippen LogP contribution in [0.15, 0.2) is 85.1 Å². The maximum atomic E-state index is 12.9. The average Bonchev–Trinajstić information content (AvgIpc) is 3.35. The molecule has 6 nitrogen and oxygen atoms in total. The van der Waals surface area contributed by atoms with Gasteiger partial charge in [-0.2, -0.15) is 0 Å². The molecule has 6 heteroatoms. The zero-order chi connectivity index (χ0) is 50.0. The standard InChI is InChI=1S/C63H108O6/c1-4-7-10-13-16-19-22-25-28-30-31-33-36-39-42-45-48-51-54-57-63(66)69-60(58-67-61(64)55-52-49-46-43-40-37-34-27-24-21-18-15-12-9-6-3)59-68-62(65)56-53-50-47-44-41-38-35-32-29-26-23-20-17-14-11-8-5-2/h8,11,17-18,20-21,26-27,29,34-35,38,44,47,60H,4-7,9-10,12-16,19,22-25,28,30-33,36-37,39-43,45-46,48-59H2,1-3H3/b11-8-,20-17-,21-18-,29-26-,34-27-,38-35-,47-44-/t60-/m0/s1. The number of carbonyl (C=O) groups is 3. The first-order valence-corrected chi connectivity index (χ1v) is 29.1. The molecule has 0 aliphatic carbocycles. The van der Waals surface area contributed by atoms with Crippen LogP contribution in [0.5, 0.6) is 0 Å². The Bertz CT molecular complexity index is 1330. The second kappa shape index (κ2) is 57.2. The van der Waals surface area contributed by atoms with Crippen LogP contribution in [0.1, 0.15) is 278 Å². The van der Waals surface area contributed by atoms with E-state index < -0.39 is 6.10 Å². The maximum absolute atomic E-state index is 12.9. The molecule has 0 unspecified atom stereocenters.